The maximum atomic E-state index is 13.4. The van der Waals surface area contributed by atoms with Gasteiger partial charge in [0, 0.05) is 11.6 Å². The topological polar surface area (TPSA) is 37.4 Å². The van der Waals surface area contributed by atoms with Crippen LogP contribution >= 0.6 is 11.6 Å². The van der Waals surface area contributed by atoms with Crippen molar-refractivity contribution in [3.8, 4) is 0 Å². The van der Waals surface area contributed by atoms with E-state index in [0.717, 1.165) is 22.3 Å². The smallest absolute Gasteiger partial charge is 0.207 e. The van der Waals surface area contributed by atoms with Crippen molar-refractivity contribution in [1.29, 1.82) is 0 Å². The van der Waals surface area contributed by atoms with Crippen LogP contribution in [0.25, 0.3) is 0 Å². The SMILES string of the molecule is Cc1ccc(S(=O)(=O)N2Cc3ccccc3C2Cc2ccc(Cl)cc2)cc1. The summed E-state index contributed by atoms with van der Waals surface area (Å²) in [5.41, 5.74) is 4.23. The predicted molar refractivity (Wildman–Crippen MR) is 108 cm³/mol. The fourth-order valence-electron chi connectivity index (χ4n) is 3.59. The fraction of sp³-hybridized carbons (Fsp3) is 0.182. The lowest BCUT2D eigenvalue weighted by Crippen LogP contribution is -2.31. The van der Waals surface area contributed by atoms with Crippen LogP contribution in [-0.4, -0.2) is 12.7 Å². The van der Waals surface area contributed by atoms with Crippen LogP contribution in [0.4, 0.5) is 0 Å². The molecule has 0 fully saturated rings. The van der Waals surface area contributed by atoms with Gasteiger partial charge in [-0.1, -0.05) is 65.7 Å². The third-order valence-corrected chi connectivity index (χ3v) is 7.18. The summed E-state index contributed by atoms with van der Waals surface area (Å²) in [6.07, 6.45) is 0.610. The third kappa shape index (κ3) is 3.53. The van der Waals surface area contributed by atoms with Gasteiger partial charge in [-0.2, -0.15) is 4.31 Å². The Labute approximate surface area is 165 Å². The van der Waals surface area contributed by atoms with E-state index in [2.05, 4.69) is 0 Å². The van der Waals surface area contributed by atoms with Gasteiger partial charge in [0.2, 0.25) is 10.0 Å². The van der Waals surface area contributed by atoms with Crippen molar-refractivity contribution in [2.75, 3.05) is 0 Å². The maximum Gasteiger partial charge on any atom is 0.243 e. The van der Waals surface area contributed by atoms with E-state index in [4.69, 9.17) is 11.6 Å². The van der Waals surface area contributed by atoms with Gasteiger partial charge in [0.05, 0.1) is 10.9 Å². The number of halogens is 1. The lowest BCUT2D eigenvalue weighted by molar-refractivity contribution is 0.348. The van der Waals surface area contributed by atoms with Crippen LogP contribution in [0, 0.1) is 6.92 Å². The predicted octanol–water partition coefficient (Wildman–Crippen LogP) is 5.14. The first-order valence-electron chi connectivity index (χ1n) is 8.86. The number of benzene rings is 3. The van der Waals surface area contributed by atoms with E-state index in [1.165, 1.54) is 0 Å². The number of aryl methyl sites for hydroxylation is 1. The second-order valence-corrected chi connectivity index (χ2v) is 9.24. The monoisotopic (exact) mass is 397 g/mol. The highest BCUT2D eigenvalue weighted by molar-refractivity contribution is 7.89. The standard InChI is InChI=1S/C22H20ClNO2S/c1-16-6-12-20(13-7-16)27(25,26)24-15-18-4-2-3-5-21(18)22(24)14-17-8-10-19(23)11-9-17/h2-13,22H,14-15H2,1H3. The molecule has 0 aromatic heterocycles. The van der Waals surface area contributed by atoms with Gasteiger partial charge in [-0.3, -0.25) is 0 Å². The summed E-state index contributed by atoms with van der Waals surface area (Å²) in [5.74, 6) is 0. The molecule has 0 N–H and O–H groups in total. The number of hydrogen-bond donors (Lipinski definition) is 0. The van der Waals surface area contributed by atoms with Crippen LogP contribution in [0.15, 0.2) is 77.7 Å². The molecule has 1 unspecified atom stereocenters. The van der Waals surface area contributed by atoms with Gasteiger partial charge >= 0.3 is 0 Å². The van der Waals surface area contributed by atoms with E-state index in [9.17, 15) is 8.42 Å². The number of hydrogen-bond acceptors (Lipinski definition) is 2. The second kappa shape index (κ2) is 7.12. The molecule has 3 nitrogen and oxygen atoms in total. The van der Waals surface area contributed by atoms with Crippen molar-refractivity contribution in [2.45, 2.75) is 30.8 Å². The Kier molecular flexibility index (Phi) is 4.81. The van der Waals surface area contributed by atoms with Crippen LogP contribution in [0.1, 0.15) is 28.3 Å². The molecule has 1 aliphatic rings. The van der Waals surface area contributed by atoms with Gasteiger partial charge in [-0.15, -0.1) is 0 Å². The molecule has 0 saturated carbocycles. The van der Waals surface area contributed by atoms with Crippen LogP contribution in [-0.2, 0) is 23.0 Å². The Hall–Kier alpha value is -2.14. The Morgan fingerprint density at radius 3 is 2.33 bits per heavy atom. The molecule has 0 saturated heterocycles. The molecule has 4 rings (SSSR count). The Morgan fingerprint density at radius 2 is 1.63 bits per heavy atom. The van der Waals surface area contributed by atoms with E-state index < -0.39 is 10.0 Å². The Balaban J connectivity index is 1.74. The summed E-state index contributed by atoms with van der Waals surface area (Å²) in [4.78, 5) is 0.335. The number of sulfonamides is 1. The Bertz CT molecular complexity index is 1060. The summed E-state index contributed by atoms with van der Waals surface area (Å²) in [6, 6.07) is 22.4. The molecule has 0 radical (unpaired) electrons. The van der Waals surface area contributed by atoms with Gasteiger partial charge in [0.15, 0.2) is 0 Å². The summed E-state index contributed by atoms with van der Waals surface area (Å²) < 4.78 is 28.4. The summed E-state index contributed by atoms with van der Waals surface area (Å²) >= 11 is 6.00. The molecule has 0 amide bonds. The first kappa shape index (κ1) is 18.2. The first-order chi connectivity index (χ1) is 12.9. The number of fused-ring (bicyclic) bond motifs is 1. The minimum absolute atomic E-state index is 0.228. The van der Waals surface area contributed by atoms with Crippen molar-refractivity contribution in [2.24, 2.45) is 0 Å². The summed E-state index contributed by atoms with van der Waals surface area (Å²) in [5, 5.41) is 0.676. The molecule has 5 heteroatoms. The summed E-state index contributed by atoms with van der Waals surface area (Å²) in [7, 11) is -3.59. The molecular weight excluding hydrogens is 378 g/mol. The van der Waals surface area contributed by atoms with Crippen LogP contribution in [0.3, 0.4) is 0 Å². The van der Waals surface area contributed by atoms with Crippen LogP contribution < -0.4 is 0 Å². The highest BCUT2D eigenvalue weighted by Crippen LogP contribution is 2.40. The molecule has 3 aromatic carbocycles. The van der Waals surface area contributed by atoms with E-state index in [1.54, 1.807) is 16.4 Å². The molecule has 1 heterocycles. The lowest BCUT2D eigenvalue weighted by atomic mass is 9.99. The minimum atomic E-state index is -3.59. The lowest BCUT2D eigenvalue weighted by Gasteiger charge is -2.25. The molecule has 0 aliphatic carbocycles. The Morgan fingerprint density at radius 1 is 0.963 bits per heavy atom. The molecule has 138 valence electrons. The molecule has 0 spiro atoms. The zero-order valence-corrected chi connectivity index (χ0v) is 16.5. The molecule has 1 atom stereocenters. The minimum Gasteiger partial charge on any atom is -0.207 e. The zero-order chi connectivity index (χ0) is 19.0. The van der Waals surface area contributed by atoms with E-state index >= 15 is 0 Å². The summed E-state index contributed by atoms with van der Waals surface area (Å²) in [6.45, 7) is 2.34. The van der Waals surface area contributed by atoms with Crippen molar-refractivity contribution in [3.63, 3.8) is 0 Å². The van der Waals surface area contributed by atoms with Crippen molar-refractivity contribution < 1.29 is 8.42 Å². The maximum absolute atomic E-state index is 13.4. The molecular formula is C22H20ClNO2S. The van der Waals surface area contributed by atoms with Crippen molar-refractivity contribution in [3.05, 3.63) is 100 Å². The van der Waals surface area contributed by atoms with Gasteiger partial charge in [0.25, 0.3) is 0 Å². The number of rotatable bonds is 4. The highest BCUT2D eigenvalue weighted by atomic mass is 35.5. The van der Waals surface area contributed by atoms with Crippen LogP contribution in [0.2, 0.25) is 5.02 Å². The van der Waals surface area contributed by atoms with Gasteiger partial charge < -0.3 is 0 Å². The molecule has 1 aliphatic heterocycles. The highest BCUT2D eigenvalue weighted by Gasteiger charge is 2.38. The quantitative estimate of drug-likeness (QED) is 0.611. The van der Waals surface area contributed by atoms with Crippen molar-refractivity contribution >= 4 is 21.6 Å². The normalized spacial score (nSPS) is 17.0. The van der Waals surface area contributed by atoms with Gasteiger partial charge in [-0.05, 0) is 54.3 Å². The van der Waals surface area contributed by atoms with E-state index in [0.29, 0.717) is 22.9 Å². The molecule has 3 aromatic rings. The van der Waals surface area contributed by atoms with Crippen LogP contribution in [0.5, 0.6) is 0 Å². The van der Waals surface area contributed by atoms with E-state index in [1.807, 2.05) is 67.6 Å². The average molecular weight is 398 g/mol. The van der Waals surface area contributed by atoms with Gasteiger partial charge in [0.1, 0.15) is 0 Å². The second-order valence-electron chi connectivity index (χ2n) is 6.91. The average Bonchev–Trinajstić information content (AvgIpc) is 3.03. The largest absolute Gasteiger partial charge is 0.243 e. The van der Waals surface area contributed by atoms with E-state index in [-0.39, 0.29) is 6.04 Å². The number of nitrogens with zero attached hydrogens (tertiary/aromatic N) is 1. The third-order valence-electron chi connectivity index (χ3n) is 5.06. The molecule has 27 heavy (non-hydrogen) atoms. The fourth-order valence-corrected chi connectivity index (χ4v) is 5.30. The zero-order valence-electron chi connectivity index (χ0n) is 15.0. The van der Waals surface area contributed by atoms with Crippen molar-refractivity contribution in [1.82, 2.24) is 4.31 Å². The molecule has 0 bridgehead atoms. The first-order valence-corrected chi connectivity index (χ1v) is 10.7. The van der Waals surface area contributed by atoms with Gasteiger partial charge in [-0.25, -0.2) is 8.42 Å².